The molecule has 5 aromatic rings. The first-order chi connectivity index (χ1) is 35.0. The second-order valence-electron chi connectivity index (χ2n) is 16.6. The zero-order chi connectivity index (χ0) is 54.6. The first-order valence-electron chi connectivity index (χ1n) is 22.9. The number of anilines is 2. The number of pyridine rings is 1. The van der Waals surface area contributed by atoms with E-state index in [1.807, 2.05) is 66.7 Å². The highest BCUT2D eigenvalue weighted by molar-refractivity contribution is 5.93. The van der Waals surface area contributed by atoms with Gasteiger partial charge in [-0.15, -0.1) is 0 Å². The lowest BCUT2D eigenvalue weighted by molar-refractivity contribution is -0.193. The van der Waals surface area contributed by atoms with Crippen LogP contribution in [0.1, 0.15) is 55.8 Å². The van der Waals surface area contributed by atoms with E-state index in [4.69, 9.17) is 29.3 Å². The number of aromatic nitrogens is 1. The van der Waals surface area contributed by atoms with Crippen molar-refractivity contribution in [3.63, 3.8) is 0 Å². The number of carbonyl (C=O) groups is 5. The average Bonchev–Trinajstić information content (AvgIpc) is 3.35. The number of hydrogen-bond acceptors (Lipinski definition) is 12. The van der Waals surface area contributed by atoms with Gasteiger partial charge in [-0.3, -0.25) is 19.7 Å². The van der Waals surface area contributed by atoms with Crippen molar-refractivity contribution in [1.82, 2.24) is 20.1 Å². The van der Waals surface area contributed by atoms with Crippen LogP contribution in [0.4, 0.5) is 42.5 Å². The molecule has 18 nitrogen and oxygen atoms in total. The molecule has 1 aliphatic rings. The number of fused-ring (bicyclic) bond motifs is 1. The fraction of sp³-hybridized carbons (Fsp3) is 0.360. The second kappa shape index (κ2) is 27.9. The number of benzene rings is 4. The van der Waals surface area contributed by atoms with Gasteiger partial charge in [-0.1, -0.05) is 60.7 Å². The van der Waals surface area contributed by atoms with Gasteiger partial charge in [0.25, 0.3) is 0 Å². The standard InChI is InChI=1S/C46H54N6O8.2C2HF3O2/c1-51(44(57)23-27-52-25-21-33(22-26-52)60-46(58)49-37-13-7-6-12-34(37)32-10-4-3-5-11-32)24-9-8-14-42(55)48-38-18-15-31(28-41(38)59-2)29-47-30-40(54)35-16-19-39(53)45-36(35)17-20-43(56)50-45;2*3-2(4,5)1(6)7/h3-7,10-13,15-20,28,33,40,47,53-54H,8-9,14,21-27,29-30H2,1-2H3,(H,48,55)(H,49,58)(H,50,56);2*(H,6,7)/t40-;;/m0../s1. The molecule has 3 amide bonds. The number of likely N-dealkylation sites (tertiary alicyclic amines) is 1. The molecule has 0 radical (unpaired) electrons. The van der Waals surface area contributed by atoms with Crippen LogP contribution in [0.25, 0.3) is 22.0 Å². The zero-order valence-electron chi connectivity index (χ0n) is 40.1. The van der Waals surface area contributed by atoms with Crippen LogP contribution in [0.2, 0.25) is 0 Å². The SMILES string of the molecule is COc1cc(CNC[C@H](O)c2ccc(O)c3[nH]c(=O)ccc23)ccc1NC(=O)CCCCN(C)C(=O)CCN1CCC(OC(=O)Nc2ccccc2-c2ccccc2)CC1.O=C(O)C(F)(F)F.O=C(O)C(F)(F)F. The smallest absolute Gasteiger partial charge is 0.490 e. The number of halogens is 6. The summed E-state index contributed by atoms with van der Waals surface area (Å²) in [5, 5.41) is 44.9. The van der Waals surface area contributed by atoms with Crippen molar-refractivity contribution in [2.24, 2.45) is 0 Å². The molecule has 6 rings (SSSR count). The number of aromatic hydroxyl groups is 1. The van der Waals surface area contributed by atoms with Gasteiger partial charge in [-0.25, -0.2) is 14.4 Å². The number of amides is 3. The third-order valence-electron chi connectivity index (χ3n) is 11.2. The van der Waals surface area contributed by atoms with Gasteiger partial charge in [0.1, 0.15) is 17.6 Å². The molecule has 1 aliphatic heterocycles. The van der Waals surface area contributed by atoms with Crippen molar-refractivity contribution in [3.05, 3.63) is 119 Å². The van der Waals surface area contributed by atoms with Crippen LogP contribution >= 0.6 is 0 Å². The van der Waals surface area contributed by atoms with E-state index in [1.54, 1.807) is 30.1 Å². The number of carboxylic acid groups (broad SMARTS) is 2. The fourth-order valence-electron chi connectivity index (χ4n) is 7.38. The van der Waals surface area contributed by atoms with E-state index >= 15 is 0 Å². The summed E-state index contributed by atoms with van der Waals surface area (Å²) in [7, 11) is 3.32. The Hall–Kier alpha value is -7.70. The van der Waals surface area contributed by atoms with Crippen molar-refractivity contribution >= 4 is 52.1 Å². The van der Waals surface area contributed by atoms with E-state index in [0.29, 0.717) is 86.2 Å². The number of phenolic OH excluding ortho intramolecular Hbond substituents is 1. The minimum absolute atomic E-state index is 0.0505. The molecular weight excluding hydrogens is 991 g/mol. The number of nitrogens with zero attached hydrogens (tertiary/aromatic N) is 2. The van der Waals surface area contributed by atoms with Crippen molar-refractivity contribution in [2.75, 3.05) is 57.5 Å². The summed E-state index contributed by atoms with van der Waals surface area (Å²) in [4.78, 5) is 74.5. The van der Waals surface area contributed by atoms with Crippen molar-refractivity contribution in [2.45, 2.75) is 69.6 Å². The molecule has 0 spiro atoms. The summed E-state index contributed by atoms with van der Waals surface area (Å²) in [6.07, 6.45) is -8.34. The van der Waals surface area contributed by atoms with Crippen LogP contribution in [-0.4, -0.2) is 130 Å². The van der Waals surface area contributed by atoms with Crippen molar-refractivity contribution < 1.29 is 80.2 Å². The van der Waals surface area contributed by atoms with Crippen LogP contribution in [-0.2, 0) is 30.5 Å². The Morgan fingerprint density at radius 2 is 1.45 bits per heavy atom. The Balaban J connectivity index is 0.000000743. The van der Waals surface area contributed by atoms with Gasteiger partial charge in [0.15, 0.2) is 0 Å². The first kappa shape index (κ1) is 58.9. The summed E-state index contributed by atoms with van der Waals surface area (Å²) < 4.78 is 74.8. The molecule has 1 fully saturated rings. The van der Waals surface area contributed by atoms with Gasteiger partial charge in [-0.05, 0) is 72.7 Å². The van der Waals surface area contributed by atoms with E-state index in [0.717, 1.165) is 29.8 Å². The summed E-state index contributed by atoms with van der Waals surface area (Å²) in [6, 6.07) is 29.0. The number of unbranched alkanes of at least 4 members (excludes halogenated alkanes) is 1. The number of carboxylic acids is 2. The minimum atomic E-state index is -5.08. The highest BCUT2D eigenvalue weighted by Crippen LogP contribution is 2.31. The molecule has 1 saturated heterocycles. The number of ether oxygens (including phenoxy) is 2. The number of carbonyl (C=O) groups excluding carboxylic acids is 3. The quantitative estimate of drug-likeness (QED) is 0.0310. The van der Waals surface area contributed by atoms with Crippen LogP contribution in [0.3, 0.4) is 0 Å². The van der Waals surface area contributed by atoms with Gasteiger partial charge in [0.2, 0.25) is 17.4 Å². The van der Waals surface area contributed by atoms with Crippen LogP contribution in [0.15, 0.2) is 102 Å². The van der Waals surface area contributed by atoms with Crippen LogP contribution in [0, 0.1) is 0 Å². The Bertz CT molecular complexity index is 2710. The lowest BCUT2D eigenvalue weighted by atomic mass is 10.0. The number of piperidine rings is 1. The maximum atomic E-state index is 12.9. The Morgan fingerprint density at radius 3 is 2.08 bits per heavy atom. The van der Waals surface area contributed by atoms with E-state index in [2.05, 4.69) is 25.8 Å². The Morgan fingerprint density at radius 1 is 0.811 bits per heavy atom. The second-order valence-corrected chi connectivity index (χ2v) is 16.6. The van der Waals surface area contributed by atoms with E-state index in [1.165, 1.54) is 19.2 Å². The minimum Gasteiger partial charge on any atom is -0.506 e. The number of aliphatic hydroxyl groups excluding tert-OH is 1. The van der Waals surface area contributed by atoms with Crippen molar-refractivity contribution in [1.29, 1.82) is 0 Å². The molecule has 8 N–H and O–H groups in total. The molecule has 0 aliphatic carbocycles. The van der Waals surface area contributed by atoms with Gasteiger partial charge in [0.05, 0.1) is 30.1 Å². The van der Waals surface area contributed by atoms with Crippen LogP contribution < -0.4 is 26.2 Å². The predicted octanol–water partition coefficient (Wildman–Crippen LogP) is 7.67. The molecular formula is C50H56F6N6O12. The third-order valence-corrected chi connectivity index (χ3v) is 11.2. The number of phenols is 1. The number of alkyl halides is 6. The number of methoxy groups -OCH3 is 1. The molecule has 4 aromatic carbocycles. The largest absolute Gasteiger partial charge is 0.506 e. The summed E-state index contributed by atoms with van der Waals surface area (Å²) in [6.45, 7) is 3.29. The van der Waals surface area contributed by atoms with Gasteiger partial charge in [-0.2, -0.15) is 26.3 Å². The molecule has 0 saturated carbocycles. The molecule has 74 heavy (non-hydrogen) atoms. The summed E-state index contributed by atoms with van der Waals surface area (Å²) in [5.74, 6) is -5.18. The Labute approximate surface area is 419 Å². The maximum absolute atomic E-state index is 12.9. The number of para-hydroxylation sites is 1. The van der Waals surface area contributed by atoms with E-state index in [9.17, 15) is 55.7 Å². The van der Waals surface area contributed by atoms with Crippen LogP contribution in [0.5, 0.6) is 11.5 Å². The average molecular weight is 1050 g/mol. The Kier molecular flexibility index (Phi) is 22.2. The van der Waals surface area contributed by atoms with E-state index < -0.39 is 36.5 Å². The number of rotatable bonds is 18. The predicted molar refractivity (Wildman–Crippen MR) is 259 cm³/mol. The molecule has 0 unspecified atom stereocenters. The number of aliphatic carboxylic acids is 2. The third kappa shape index (κ3) is 19.0. The van der Waals surface area contributed by atoms with Gasteiger partial charge >= 0.3 is 30.4 Å². The highest BCUT2D eigenvalue weighted by atomic mass is 19.4. The van der Waals surface area contributed by atoms with E-state index in [-0.39, 0.29) is 41.3 Å². The molecule has 0 bridgehead atoms. The topological polar surface area (TPSA) is 260 Å². The fourth-order valence-corrected chi connectivity index (χ4v) is 7.38. The van der Waals surface area contributed by atoms with Gasteiger partial charge < -0.3 is 55.3 Å². The number of aromatic amines is 1. The normalized spacial score (nSPS) is 13.3. The molecule has 400 valence electrons. The van der Waals surface area contributed by atoms with Gasteiger partial charge in [0, 0.05) is 76.2 Å². The molecule has 1 aromatic heterocycles. The lowest BCUT2D eigenvalue weighted by Crippen LogP contribution is -2.40. The molecule has 2 heterocycles. The summed E-state index contributed by atoms with van der Waals surface area (Å²) in [5.41, 5.74) is 4.57. The molecule has 1 atom stereocenters. The zero-order valence-corrected chi connectivity index (χ0v) is 40.1. The number of H-pyrrole nitrogens is 1. The highest BCUT2D eigenvalue weighted by Gasteiger charge is 2.39. The molecule has 24 heteroatoms. The number of nitrogens with one attached hydrogen (secondary N) is 4. The first-order valence-corrected chi connectivity index (χ1v) is 22.9. The number of hydrogen-bond donors (Lipinski definition) is 8. The maximum Gasteiger partial charge on any atom is 0.490 e. The monoisotopic (exact) mass is 1050 g/mol. The summed E-state index contributed by atoms with van der Waals surface area (Å²) >= 11 is 0. The van der Waals surface area contributed by atoms with Crippen molar-refractivity contribution in [3.8, 4) is 22.6 Å². The lowest BCUT2D eigenvalue weighted by Gasteiger charge is -2.31. The number of aliphatic hydroxyl groups is 1.